The molecule has 8 heteroatoms. The van der Waals surface area contributed by atoms with Crippen LogP contribution in [-0.4, -0.2) is 29.0 Å². The van der Waals surface area contributed by atoms with Gasteiger partial charge in [0.1, 0.15) is 17.7 Å². The predicted molar refractivity (Wildman–Crippen MR) is 61.4 cm³/mol. The van der Waals surface area contributed by atoms with Crippen molar-refractivity contribution < 1.29 is 4.79 Å². The van der Waals surface area contributed by atoms with Crippen molar-refractivity contribution in [1.29, 1.82) is 0 Å². The first kappa shape index (κ1) is 12.0. The Morgan fingerprint density at radius 1 is 1.44 bits per heavy atom. The Labute approximate surface area is 92.8 Å². The van der Waals surface area contributed by atoms with Gasteiger partial charge >= 0.3 is 0 Å². The molecule has 0 aliphatic rings. The second-order valence-corrected chi connectivity index (χ2v) is 3.12. The third kappa shape index (κ3) is 2.95. The molecule has 0 aliphatic heterocycles. The number of likely N-dealkylation sites (N-methyl/N-ethyl adjacent to an activating group) is 1. The number of nitrogens with two attached hydrogens (primary N) is 2. The first-order valence-corrected chi connectivity index (χ1v) is 4.66. The van der Waals surface area contributed by atoms with Crippen LogP contribution in [0.25, 0.3) is 0 Å². The number of aromatic nitrogens is 2. The molecule has 1 aromatic rings. The van der Waals surface area contributed by atoms with Gasteiger partial charge in [0, 0.05) is 13.1 Å². The fraction of sp³-hybridized carbons (Fsp3) is 0.375. The summed E-state index contributed by atoms with van der Waals surface area (Å²) in [6.45, 7) is 1.70. The molecule has 1 unspecified atom stereocenters. The molecule has 0 radical (unpaired) electrons. The Morgan fingerprint density at radius 3 is 2.62 bits per heavy atom. The summed E-state index contributed by atoms with van der Waals surface area (Å²) in [6.07, 6.45) is 0. The van der Waals surface area contributed by atoms with Crippen molar-refractivity contribution in [2.45, 2.75) is 13.0 Å². The van der Waals surface area contributed by atoms with E-state index in [1.54, 1.807) is 20.0 Å². The Morgan fingerprint density at radius 2 is 2.06 bits per heavy atom. The van der Waals surface area contributed by atoms with Gasteiger partial charge in [-0.05, 0) is 6.92 Å². The van der Waals surface area contributed by atoms with Crippen LogP contribution in [0.1, 0.15) is 6.92 Å². The summed E-state index contributed by atoms with van der Waals surface area (Å²) in [7, 11) is 1.56. The zero-order valence-electron chi connectivity index (χ0n) is 9.11. The Hall–Kier alpha value is -2.09. The normalized spacial score (nSPS) is 11.7. The van der Waals surface area contributed by atoms with Gasteiger partial charge in [-0.3, -0.25) is 4.79 Å². The van der Waals surface area contributed by atoms with Crippen LogP contribution < -0.4 is 27.6 Å². The van der Waals surface area contributed by atoms with Gasteiger partial charge in [0.15, 0.2) is 0 Å². The predicted octanol–water partition coefficient (Wildman–Crippen LogP) is -1.11. The van der Waals surface area contributed by atoms with E-state index < -0.39 is 6.04 Å². The molecule has 88 valence electrons. The Kier molecular flexibility index (Phi) is 3.84. The average Bonchev–Trinajstić information content (AvgIpc) is 2.26. The van der Waals surface area contributed by atoms with E-state index in [1.807, 2.05) is 0 Å². The molecule has 7 N–H and O–H groups in total. The minimum absolute atomic E-state index is 0.0713. The zero-order chi connectivity index (χ0) is 12.1. The molecule has 0 aliphatic carbocycles. The molecule has 1 rings (SSSR count). The molecule has 0 saturated carbocycles. The SMILES string of the molecule is CNC(=O)C(C)Nc1cc(NN)nc(N)n1. The van der Waals surface area contributed by atoms with Gasteiger partial charge in [-0.2, -0.15) is 9.97 Å². The van der Waals surface area contributed by atoms with Crippen LogP contribution in [0, 0.1) is 0 Å². The summed E-state index contributed by atoms with van der Waals surface area (Å²) in [5.41, 5.74) is 7.81. The number of hydrogen-bond acceptors (Lipinski definition) is 7. The van der Waals surface area contributed by atoms with E-state index in [9.17, 15) is 4.79 Å². The highest BCUT2D eigenvalue weighted by Crippen LogP contribution is 2.12. The lowest BCUT2D eigenvalue weighted by Crippen LogP contribution is -2.35. The van der Waals surface area contributed by atoms with Gasteiger partial charge in [0.05, 0.1) is 0 Å². The number of nitrogens with one attached hydrogen (secondary N) is 3. The number of hydrogen-bond donors (Lipinski definition) is 5. The molecule has 1 aromatic heterocycles. The van der Waals surface area contributed by atoms with Gasteiger partial charge in [-0.1, -0.05) is 0 Å². The van der Waals surface area contributed by atoms with Crippen LogP contribution in [0.4, 0.5) is 17.6 Å². The summed E-state index contributed by atoms with van der Waals surface area (Å²) in [6, 6.07) is 1.13. The third-order valence-corrected chi connectivity index (χ3v) is 1.90. The van der Waals surface area contributed by atoms with E-state index in [0.29, 0.717) is 11.6 Å². The molecule has 1 heterocycles. The summed E-state index contributed by atoms with van der Waals surface area (Å²) < 4.78 is 0. The summed E-state index contributed by atoms with van der Waals surface area (Å²) >= 11 is 0. The maximum absolute atomic E-state index is 11.3. The van der Waals surface area contributed by atoms with Crippen LogP contribution in [-0.2, 0) is 4.79 Å². The number of hydrazine groups is 1. The minimum atomic E-state index is -0.426. The topological polar surface area (TPSA) is 131 Å². The molecule has 0 saturated heterocycles. The number of nitrogens with zero attached hydrogens (tertiary/aromatic N) is 2. The second kappa shape index (κ2) is 5.12. The summed E-state index contributed by atoms with van der Waals surface area (Å²) in [5.74, 6) is 5.92. The largest absolute Gasteiger partial charge is 0.368 e. The highest BCUT2D eigenvalue weighted by atomic mass is 16.2. The van der Waals surface area contributed by atoms with E-state index in [1.165, 1.54) is 0 Å². The molecule has 0 aromatic carbocycles. The van der Waals surface area contributed by atoms with Crippen molar-refractivity contribution >= 4 is 23.5 Å². The standard InChI is InChI=1S/C8H15N7O/c1-4(7(16)11-2)12-5-3-6(15-10)14-8(9)13-5/h3-4H,10H2,1-2H3,(H,11,16)(H4,9,12,13,14,15). The van der Waals surface area contributed by atoms with E-state index in [-0.39, 0.29) is 11.9 Å². The quantitative estimate of drug-likeness (QED) is 0.324. The van der Waals surface area contributed by atoms with E-state index in [4.69, 9.17) is 11.6 Å². The van der Waals surface area contributed by atoms with Crippen LogP contribution in [0.5, 0.6) is 0 Å². The highest BCUT2D eigenvalue weighted by molar-refractivity contribution is 5.83. The van der Waals surface area contributed by atoms with E-state index in [2.05, 4.69) is 26.0 Å². The van der Waals surface area contributed by atoms with Gasteiger partial charge in [-0.25, -0.2) is 5.84 Å². The number of carbonyl (C=O) groups is 1. The fourth-order valence-electron chi connectivity index (χ4n) is 1.12. The van der Waals surface area contributed by atoms with Crippen LogP contribution in [0.15, 0.2) is 6.07 Å². The zero-order valence-corrected chi connectivity index (χ0v) is 9.11. The van der Waals surface area contributed by atoms with Gasteiger partial charge < -0.3 is 21.8 Å². The first-order valence-electron chi connectivity index (χ1n) is 4.66. The Bertz CT molecular complexity index is 381. The molecule has 1 amide bonds. The fourth-order valence-corrected chi connectivity index (χ4v) is 1.12. The summed E-state index contributed by atoms with van der Waals surface area (Å²) in [4.78, 5) is 19.0. The molecular formula is C8H15N7O. The van der Waals surface area contributed by atoms with Gasteiger partial charge in [0.25, 0.3) is 0 Å². The average molecular weight is 225 g/mol. The highest BCUT2D eigenvalue weighted by Gasteiger charge is 2.11. The lowest BCUT2D eigenvalue weighted by molar-refractivity contribution is -0.121. The molecule has 1 atom stereocenters. The number of amides is 1. The van der Waals surface area contributed by atoms with Crippen molar-refractivity contribution in [3.8, 4) is 0 Å². The molecule has 0 fully saturated rings. The molecule has 8 nitrogen and oxygen atoms in total. The second-order valence-electron chi connectivity index (χ2n) is 3.12. The van der Waals surface area contributed by atoms with E-state index in [0.717, 1.165) is 0 Å². The van der Waals surface area contributed by atoms with Crippen molar-refractivity contribution in [2.75, 3.05) is 23.5 Å². The van der Waals surface area contributed by atoms with Gasteiger partial charge in [-0.15, -0.1) is 0 Å². The van der Waals surface area contributed by atoms with Crippen molar-refractivity contribution in [1.82, 2.24) is 15.3 Å². The molecule has 0 spiro atoms. The lowest BCUT2D eigenvalue weighted by Gasteiger charge is -2.13. The van der Waals surface area contributed by atoms with Crippen LogP contribution >= 0.6 is 0 Å². The van der Waals surface area contributed by atoms with Crippen LogP contribution in [0.3, 0.4) is 0 Å². The number of nitrogen functional groups attached to an aromatic ring is 2. The van der Waals surface area contributed by atoms with Crippen molar-refractivity contribution in [3.63, 3.8) is 0 Å². The van der Waals surface area contributed by atoms with E-state index >= 15 is 0 Å². The maximum Gasteiger partial charge on any atom is 0.241 e. The maximum atomic E-state index is 11.3. The molecular weight excluding hydrogens is 210 g/mol. The number of carbonyl (C=O) groups excluding carboxylic acids is 1. The smallest absolute Gasteiger partial charge is 0.241 e. The van der Waals surface area contributed by atoms with Gasteiger partial charge in [0.2, 0.25) is 11.9 Å². The van der Waals surface area contributed by atoms with Crippen LogP contribution in [0.2, 0.25) is 0 Å². The Balaban J connectivity index is 2.80. The summed E-state index contributed by atoms with van der Waals surface area (Å²) in [5, 5.41) is 5.38. The first-order chi connectivity index (χ1) is 7.56. The molecule has 0 bridgehead atoms. The number of rotatable bonds is 4. The van der Waals surface area contributed by atoms with Crippen molar-refractivity contribution in [3.05, 3.63) is 6.07 Å². The molecule has 16 heavy (non-hydrogen) atoms. The minimum Gasteiger partial charge on any atom is -0.368 e. The third-order valence-electron chi connectivity index (χ3n) is 1.90. The lowest BCUT2D eigenvalue weighted by atomic mass is 10.3. The monoisotopic (exact) mass is 225 g/mol. The van der Waals surface area contributed by atoms with Crippen molar-refractivity contribution in [2.24, 2.45) is 5.84 Å². The number of anilines is 3.